The molecule has 0 bridgehead atoms. The van der Waals surface area contributed by atoms with E-state index in [1.54, 1.807) is 0 Å². The minimum absolute atomic E-state index is 0.0313. The number of hydrogen-bond donors (Lipinski definition) is 2. The summed E-state index contributed by atoms with van der Waals surface area (Å²) in [5, 5.41) is 5.95. The van der Waals surface area contributed by atoms with Gasteiger partial charge < -0.3 is 20.3 Å². The quantitative estimate of drug-likeness (QED) is 0.585. The van der Waals surface area contributed by atoms with Crippen molar-refractivity contribution in [3.8, 4) is 5.75 Å². The third-order valence-corrected chi connectivity index (χ3v) is 5.56. The van der Waals surface area contributed by atoms with Gasteiger partial charge in [-0.3, -0.25) is 4.79 Å². The second kappa shape index (κ2) is 11.4. The molecule has 2 N–H and O–H groups in total. The number of anilines is 1. The number of benzene rings is 2. The molecule has 1 fully saturated rings. The average molecular weight is 424 g/mol. The van der Waals surface area contributed by atoms with Gasteiger partial charge in [0.2, 0.25) is 0 Å². The smallest absolute Gasteiger partial charge is 0.321 e. The Morgan fingerprint density at radius 3 is 2.68 bits per heavy atom. The summed E-state index contributed by atoms with van der Waals surface area (Å²) in [6.07, 6.45) is 3.98. The van der Waals surface area contributed by atoms with E-state index in [9.17, 15) is 9.59 Å². The van der Waals surface area contributed by atoms with Crippen molar-refractivity contribution in [3.05, 3.63) is 59.7 Å². The molecule has 1 aliphatic rings. The zero-order valence-corrected chi connectivity index (χ0v) is 18.5. The monoisotopic (exact) mass is 423 g/mol. The van der Waals surface area contributed by atoms with Crippen molar-refractivity contribution in [3.63, 3.8) is 0 Å². The number of rotatable bonds is 8. The van der Waals surface area contributed by atoms with E-state index in [1.165, 1.54) is 0 Å². The Morgan fingerprint density at radius 1 is 1.13 bits per heavy atom. The molecule has 1 atom stereocenters. The highest BCUT2D eigenvalue weighted by atomic mass is 16.5. The molecule has 1 aliphatic heterocycles. The first kappa shape index (κ1) is 22.7. The first-order chi connectivity index (χ1) is 15.1. The van der Waals surface area contributed by atoms with Crippen LogP contribution in [0.25, 0.3) is 0 Å². The zero-order chi connectivity index (χ0) is 22.1. The van der Waals surface area contributed by atoms with E-state index in [0.29, 0.717) is 25.3 Å². The predicted molar refractivity (Wildman–Crippen MR) is 124 cm³/mol. The molecule has 6 nitrogen and oxygen atoms in total. The Hall–Kier alpha value is -3.02. The highest BCUT2D eigenvalue weighted by molar-refractivity contribution is 5.94. The molecular weight excluding hydrogens is 390 g/mol. The van der Waals surface area contributed by atoms with Crippen LogP contribution in [0.4, 0.5) is 10.5 Å². The van der Waals surface area contributed by atoms with Gasteiger partial charge in [-0.25, -0.2) is 4.79 Å². The molecule has 3 amide bonds. The fourth-order valence-corrected chi connectivity index (χ4v) is 3.85. The molecule has 3 rings (SSSR count). The molecule has 166 valence electrons. The number of likely N-dealkylation sites (tertiary alicyclic amines) is 1. The minimum Gasteiger partial charge on any atom is -0.494 e. The maximum atomic E-state index is 12.8. The van der Waals surface area contributed by atoms with Crippen molar-refractivity contribution >= 4 is 17.6 Å². The second-order valence-corrected chi connectivity index (χ2v) is 7.91. The van der Waals surface area contributed by atoms with Crippen molar-refractivity contribution in [2.45, 2.75) is 45.4 Å². The molecule has 0 saturated carbocycles. The number of nitrogens with zero attached hydrogens (tertiary/aromatic N) is 1. The summed E-state index contributed by atoms with van der Waals surface area (Å²) in [5.74, 6) is 0.983. The molecule has 0 radical (unpaired) electrons. The van der Waals surface area contributed by atoms with E-state index in [0.717, 1.165) is 49.2 Å². The molecular formula is C25H33N3O3. The van der Waals surface area contributed by atoms with Crippen molar-refractivity contribution in [2.75, 3.05) is 31.6 Å². The van der Waals surface area contributed by atoms with Crippen LogP contribution < -0.4 is 15.4 Å². The minimum atomic E-state index is -0.0951. The van der Waals surface area contributed by atoms with Crippen LogP contribution in [0.15, 0.2) is 48.5 Å². The van der Waals surface area contributed by atoms with E-state index in [4.69, 9.17) is 4.74 Å². The first-order valence-electron chi connectivity index (χ1n) is 11.3. The van der Waals surface area contributed by atoms with Crippen LogP contribution in [0, 0.1) is 0 Å². The number of urea groups is 1. The summed E-state index contributed by atoms with van der Waals surface area (Å²) in [7, 11) is 0. The number of piperidine rings is 1. The third-order valence-electron chi connectivity index (χ3n) is 5.56. The summed E-state index contributed by atoms with van der Waals surface area (Å²) in [6, 6.07) is 15.1. The average Bonchev–Trinajstić information content (AvgIpc) is 2.81. The summed E-state index contributed by atoms with van der Waals surface area (Å²) >= 11 is 0. The highest BCUT2D eigenvalue weighted by Gasteiger charge is 2.25. The SMILES string of the molecule is CCCCNC(=O)c1cccc(C2CCCN(C(=O)Nc3ccc(OCC)cc3)C2)c1. The fourth-order valence-electron chi connectivity index (χ4n) is 3.85. The zero-order valence-electron chi connectivity index (χ0n) is 18.5. The molecule has 6 heteroatoms. The first-order valence-corrected chi connectivity index (χ1v) is 11.3. The maximum Gasteiger partial charge on any atom is 0.321 e. The van der Waals surface area contributed by atoms with Crippen LogP contribution in [0.1, 0.15) is 61.4 Å². The maximum absolute atomic E-state index is 12.8. The van der Waals surface area contributed by atoms with Crippen molar-refractivity contribution in [1.29, 1.82) is 0 Å². The van der Waals surface area contributed by atoms with Crippen LogP contribution in [0.2, 0.25) is 0 Å². The van der Waals surface area contributed by atoms with Gasteiger partial charge in [-0.15, -0.1) is 0 Å². The van der Waals surface area contributed by atoms with Gasteiger partial charge in [0.1, 0.15) is 5.75 Å². The predicted octanol–water partition coefficient (Wildman–Crippen LogP) is 5.03. The Balaban J connectivity index is 1.60. The van der Waals surface area contributed by atoms with E-state index in [-0.39, 0.29) is 17.9 Å². The largest absolute Gasteiger partial charge is 0.494 e. The van der Waals surface area contributed by atoms with Crippen LogP contribution in [0.5, 0.6) is 5.75 Å². The molecule has 0 aliphatic carbocycles. The van der Waals surface area contributed by atoms with Gasteiger partial charge in [-0.05, 0) is 68.1 Å². The van der Waals surface area contributed by atoms with Gasteiger partial charge >= 0.3 is 6.03 Å². The van der Waals surface area contributed by atoms with Crippen molar-refractivity contribution in [1.82, 2.24) is 10.2 Å². The number of carbonyl (C=O) groups excluding carboxylic acids is 2. The molecule has 1 unspecified atom stereocenters. The molecule has 2 aromatic carbocycles. The van der Waals surface area contributed by atoms with Gasteiger partial charge in [-0.2, -0.15) is 0 Å². The Kier molecular flexibility index (Phi) is 8.33. The van der Waals surface area contributed by atoms with E-state index in [2.05, 4.69) is 23.6 Å². The van der Waals surface area contributed by atoms with E-state index < -0.39 is 0 Å². The van der Waals surface area contributed by atoms with E-state index >= 15 is 0 Å². The van der Waals surface area contributed by atoms with Gasteiger partial charge in [0.25, 0.3) is 5.91 Å². The van der Waals surface area contributed by atoms with Crippen LogP contribution in [-0.4, -0.2) is 43.1 Å². The third kappa shape index (κ3) is 6.48. The highest BCUT2D eigenvalue weighted by Crippen LogP contribution is 2.28. The fraction of sp³-hybridized carbons (Fsp3) is 0.440. The van der Waals surface area contributed by atoms with Crippen LogP contribution in [0.3, 0.4) is 0 Å². The van der Waals surface area contributed by atoms with E-state index in [1.807, 2.05) is 54.3 Å². The standard InChI is InChI=1S/C25H33N3O3/c1-3-5-15-26-24(29)20-9-6-8-19(17-20)21-10-7-16-28(18-21)25(30)27-22-11-13-23(14-12-22)31-4-2/h6,8-9,11-14,17,21H,3-5,7,10,15-16,18H2,1-2H3,(H,26,29)(H,27,30). The summed E-state index contributed by atoms with van der Waals surface area (Å²) < 4.78 is 5.45. The summed E-state index contributed by atoms with van der Waals surface area (Å²) in [5.41, 5.74) is 2.55. The number of carbonyl (C=O) groups is 2. The second-order valence-electron chi connectivity index (χ2n) is 7.91. The topological polar surface area (TPSA) is 70.7 Å². The number of ether oxygens (including phenoxy) is 1. The Morgan fingerprint density at radius 2 is 1.94 bits per heavy atom. The number of nitrogens with one attached hydrogen (secondary N) is 2. The van der Waals surface area contributed by atoms with Gasteiger partial charge in [0.05, 0.1) is 6.61 Å². The van der Waals surface area contributed by atoms with Gasteiger partial charge in [-0.1, -0.05) is 25.5 Å². The normalized spacial score (nSPS) is 15.9. The van der Waals surface area contributed by atoms with Crippen molar-refractivity contribution in [2.24, 2.45) is 0 Å². The summed E-state index contributed by atoms with van der Waals surface area (Å²) in [4.78, 5) is 27.1. The lowest BCUT2D eigenvalue weighted by Crippen LogP contribution is -2.41. The number of unbranched alkanes of at least 4 members (excludes halogenated alkanes) is 1. The van der Waals surface area contributed by atoms with Crippen LogP contribution >= 0.6 is 0 Å². The lowest BCUT2D eigenvalue weighted by Gasteiger charge is -2.33. The van der Waals surface area contributed by atoms with Crippen LogP contribution in [-0.2, 0) is 0 Å². The lowest BCUT2D eigenvalue weighted by molar-refractivity contribution is 0.0953. The molecule has 31 heavy (non-hydrogen) atoms. The Bertz CT molecular complexity index is 867. The number of amides is 3. The number of hydrogen-bond acceptors (Lipinski definition) is 3. The van der Waals surface area contributed by atoms with Crippen molar-refractivity contribution < 1.29 is 14.3 Å². The molecule has 2 aromatic rings. The molecule has 0 spiro atoms. The van der Waals surface area contributed by atoms with Gasteiger partial charge in [0, 0.05) is 36.8 Å². The molecule has 1 saturated heterocycles. The molecule has 1 heterocycles. The molecule has 0 aromatic heterocycles. The van der Waals surface area contributed by atoms with Gasteiger partial charge in [0.15, 0.2) is 0 Å². The summed E-state index contributed by atoms with van der Waals surface area (Å²) in [6.45, 7) is 6.73. The Labute approximate surface area is 185 Å². The lowest BCUT2D eigenvalue weighted by atomic mass is 9.89.